The highest BCUT2D eigenvalue weighted by Crippen LogP contribution is 2.45. The van der Waals surface area contributed by atoms with Gasteiger partial charge in [-0.2, -0.15) is 0 Å². The lowest BCUT2D eigenvalue weighted by molar-refractivity contribution is -0.122. The molecule has 92 valence electrons. The first kappa shape index (κ1) is 13.5. The number of rotatable bonds is 4. The molecule has 0 aromatic rings. The predicted molar refractivity (Wildman–Crippen MR) is 69.3 cm³/mol. The smallest absolute Gasteiger partial charge is 0.135 e. The Labute approximate surface area is 100 Å². The highest BCUT2D eigenvalue weighted by atomic mass is 16.1. The molecule has 1 heteroatoms. The summed E-state index contributed by atoms with van der Waals surface area (Å²) in [6.45, 7) is 12.8. The van der Waals surface area contributed by atoms with Gasteiger partial charge in [-0.25, -0.2) is 0 Å². The fraction of sp³-hybridized carbons (Fsp3) is 0.800. The molecule has 0 unspecified atom stereocenters. The molecule has 0 aromatic carbocycles. The van der Waals surface area contributed by atoms with E-state index in [2.05, 4.69) is 20.4 Å². The SMILES string of the molecule is C=C1[C@H](C)CCC[C@]1(C)CCC(=O)C(C)C. The highest BCUT2D eigenvalue weighted by molar-refractivity contribution is 5.80. The van der Waals surface area contributed by atoms with Gasteiger partial charge in [-0.15, -0.1) is 0 Å². The van der Waals surface area contributed by atoms with Crippen molar-refractivity contribution in [2.75, 3.05) is 0 Å². The van der Waals surface area contributed by atoms with Crippen molar-refractivity contribution in [3.8, 4) is 0 Å². The van der Waals surface area contributed by atoms with E-state index in [4.69, 9.17) is 0 Å². The Bertz CT molecular complexity index is 277. The summed E-state index contributed by atoms with van der Waals surface area (Å²) in [4.78, 5) is 11.7. The van der Waals surface area contributed by atoms with E-state index < -0.39 is 0 Å². The van der Waals surface area contributed by atoms with Crippen molar-refractivity contribution in [1.29, 1.82) is 0 Å². The van der Waals surface area contributed by atoms with E-state index in [0.717, 1.165) is 12.8 Å². The number of allylic oxidation sites excluding steroid dienone is 1. The second-order valence-electron chi connectivity index (χ2n) is 6.00. The highest BCUT2D eigenvalue weighted by Gasteiger charge is 2.34. The summed E-state index contributed by atoms with van der Waals surface area (Å²) in [6.07, 6.45) is 5.48. The maximum atomic E-state index is 11.7. The number of hydrogen-bond acceptors (Lipinski definition) is 1. The van der Waals surface area contributed by atoms with E-state index in [-0.39, 0.29) is 11.3 Å². The van der Waals surface area contributed by atoms with Crippen molar-refractivity contribution in [2.24, 2.45) is 17.3 Å². The van der Waals surface area contributed by atoms with Crippen LogP contribution in [0.4, 0.5) is 0 Å². The summed E-state index contributed by atoms with van der Waals surface area (Å²) in [7, 11) is 0. The van der Waals surface area contributed by atoms with Crippen molar-refractivity contribution in [3.05, 3.63) is 12.2 Å². The molecule has 0 N–H and O–H groups in total. The number of Topliss-reactive ketones (excluding diaryl/α,β-unsaturated/α-hetero) is 1. The number of ketones is 1. The van der Waals surface area contributed by atoms with Gasteiger partial charge in [-0.1, -0.05) is 46.3 Å². The van der Waals surface area contributed by atoms with Gasteiger partial charge in [0.15, 0.2) is 0 Å². The second-order valence-corrected chi connectivity index (χ2v) is 6.00. The van der Waals surface area contributed by atoms with Crippen LogP contribution in [0.15, 0.2) is 12.2 Å². The minimum Gasteiger partial charge on any atom is -0.299 e. The van der Waals surface area contributed by atoms with Crippen LogP contribution in [0, 0.1) is 17.3 Å². The molecule has 0 aliphatic heterocycles. The lowest BCUT2D eigenvalue weighted by Crippen LogP contribution is -2.28. The lowest BCUT2D eigenvalue weighted by atomic mass is 9.65. The van der Waals surface area contributed by atoms with Crippen LogP contribution in [-0.4, -0.2) is 5.78 Å². The minimum absolute atomic E-state index is 0.179. The normalized spacial score (nSPS) is 30.8. The lowest BCUT2D eigenvalue weighted by Gasteiger charge is -2.39. The van der Waals surface area contributed by atoms with Gasteiger partial charge >= 0.3 is 0 Å². The van der Waals surface area contributed by atoms with Crippen LogP contribution in [0.1, 0.15) is 59.8 Å². The topological polar surface area (TPSA) is 17.1 Å². The second kappa shape index (κ2) is 5.16. The van der Waals surface area contributed by atoms with Crippen LogP contribution in [0.2, 0.25) is 0 Å². The summed E-state index contributed by atoms with van der Waals surface area (Å²) in [5.41, 5.74) is 1.58. The van der Waals surface area contributed by atoms with E-state index in [0.29, 0.717) is 11.7 Å². The summed E-state index contributed by atoms with van der Waals surface area (Å²) in [5.74, 6) is 1.21. The Hall–Kier alpha value is -0.590. The third-order valence-corrected chi connectivity index (χ3v) is 4.30. The summed E-state index contributed by atoms with van der Waals surface area (Å²) >= 11 is 0. The van der Waals surface area contributed by atoms with Crippen LogP contribution in [0.3, 0.4) is 0 Å². The zero-order chi connectivity index (χ0) is 12.3. The molecule has 1 nitrogen and oxygen atoms in total. The van der Waals surface area contributed by atoms with Crippen molar-refractivity contribution < 1.29 is 4.79 Å². The molecule has 0 spiro atoms. The van der Waals surface area contributed by atoms with Gasteiger partial charge in [-0.3, -0.25) is 4.79 Å². The number of carbonyl (C=O) groups excluding carboxylic acids is 1. The van der Waals surface area contributed by atoms with E-state index >= 15 is 0 Å². The van der Waals surface area contributed by atoms with Crippen molar-refractivity contribution >= 4 is 5.78 Å². The average Bonchev–Trinajstić information content (AvgIpc) is 2.22. The van der Waals surface area contributed by atoms with Crippen molar-refractivity contribution in [3.63, 3.8) is 0 Å². The standard InChI is InChI=1S/C15H26O/c1-11(2)14(16)8-10-15(5)9-6-7-12(3)13(15)4/h11-12H,4,6-10H2,1-3,5H3/t12-,15-/m1/s1. The third kappa shape index (κ3) is 2.96. The summed E-state index contributed by atoms with van der Waals surface area (Å²) in [6, 6.07) is 0. The molecule has 1 aliphatic carbocycles. The minimum atomic E-state index is 0.179. The zero-order valence-electron chi connectivity index (χ0n) is 11.3. The summed E-state index contributed by atoms with van der Waals surface area (Å²) < 4.78 is 0. The summed E-state index contributed by atoms with van der Waals surface area (Å²) in [5, 5.41) is 0. The monoisotopic (exact) mass is 222 g/mol. The van der Waals surface area contributed by atoms with Gasteiger partial charge in [0.25, 0.3) is 0 Å². The Morgan fingerprint density at radius 1 is 1.56 bits per heavy atom. The van der Waals surface area contributed by atoms with Gasteiger partial charge in [0.2, 0.25) is 0 Å². The van der Waals surface area contributed by atoms with Gasteiger partial charge in [0.1, 0.15) is 5.78 Å². The third-order valence-electron chi connectivity index (χ3n) is 4.30. The van der Waals surface area contributed by atoms with E-state index in [1.54, 1.807) is 0 Å². The zero-order valence-corrected chi connectivity index (χ0v) is 11.3. The molecule has 16 heavy (non-hydrogen) atoms. The Morgan fingerprint density at radius 3 is 2.75 bits per heavy atom. The first-order chi connectivity index (χ1) is 7.37. The Balaban J connectivity index is 2.57. The molecular formula is C15H26O. The van der Waals surface area contributed by atoms with Gasteiger partial charge < -0.3 is 0 Å². The molecule has 1 aliphatic rings. The van der Waals surface area contributed by atoms with Gasteiger partial charge in [0, 0.05) is 12.3 Å². The first-order valence-corrected chi connectivity index (χ1v) is 6.59. The van der Waals surface area contributed by atoms with Crippen LogP contribution < -0.4 is 0 Å². The fourth-order valence-corrected chi connectivity index (χ4v) is 2.70. The van der Waals surface area contributed by atoms with Crippen LogP contribution >= 0.6 is 0 Å². The quantitative estimate of drug-likeness (QED) is 0.645. The maximum absolute atomic E-state index is 11.7. The molecule has 1 fully saturated rings. The predicted octanol–water partition coefficient (Wildman–Crippen LogP) is 4.37. The molecule has 0 amide bonds. The largest absolute Gasteiger partial charge is 0.299 e. The molecule has 2 atom stereocenters. The van der Waals surface area contributed by atoms with Crippen molar-refractivity contribution in [2.45, 2.75) is 59.8 Å². The number of carbonyl (C=O) groups is 1. The van der Waals surface area contributed by atoms with Crippen LogP contribution in [-0.2, 0) is 4.79 Å². The molecular weight excluding hydrogens is 196 g/mol. The molecule has 0 radical (unpaired) electrons. The van der Waals surface area contributed by atoms with Crippen LogP contribution in [0.25, 0.3) is 0 Å². The number of hydrogen-bond donors (Lipinski definition) is 0. The molecule has 0 heterocycles. The molecule has 0 aromatic heterocycles. The molecule has 1 rings (SSSR count). The average molecular weight is 222 g/mol. The van der Waals surface area contributed by atoms with Gasteiger partial charge in [0.05, 0.1) is 0 Å². The van der Waals surface area contributed by atoms with E-state index in [1.807, 2.05) is 13.8 Å². The molecule has 0 bridgehead atoms. The first-order valence-electron chi connectivity index (χ1n) is 6.59. The Kier molecular flexibility index (Phi) is 4.35. The van der Waals surface area contributed by atoms with E-state index in [1.165, 1.54) is 24.8 Å². The van der Waals surface area contributed by atoms with E-state index in [9.17, 15) is 4.79 Å². The van der Waals surface area contributed by atoms with Crippen molar-refractivity contribution in [1.82, 2.24) is 0 Å². The van der Waals surface area contributed by atoms with Gasteiger partial charge in [-0.05, 0) is 30.6 Å². The maximum Gasteiger partial charge on any atom is 0.135 e. The fourth-order valence-electron chi connectivity index (χ4n) is 2.70. The Morgan fingerprint density at radius 2 is 2.19 bits per heavy atom. The van der Waals surface area contributed by atoms with Crippen LogP contribution in [0.5, 0.6) is 0 Å². The molecule has 1 saturated carbocycles. The molecule has 0 saturated heterocycles.